The van der Waals surface area contributed by atoms with Gasteiger partial charge in [-0.25, -0.2) is 4.98 Å². The number of nitrogens with one attached hydrogen (secondary N) is 1. The number of benzene rings is 1. The average molecular weight is 385 g/mol. The Labute approximate surface area is 169 Å². The number of ether oxygens (including phenoxy) is 1. The predicted molar refractivity (Wildman–Crippen MR) is 113 cm³/mol. The Morgan fingerprint density at radius 3 is 2.79 bits per heavy atom. The van der Waals surface area contributed by atoms with Crippen LogP contribution in [-0.4, -0.2) is 44.9 Å². The number of hydrogen-bond acceptors (Lipinski definition) is 4. The van der Waals surface area contributed by atoms with Crippen LogP contribution < -0.4 is 5.32 Å². The highest BCUT2D eigenvalue weighted by Gasteiger charge is 2.22. The first-order valence-electron chi connectivity index (χ1n) is 9.91. The lowest BCUT2D eigenvalue weighted by molar-refractivity contribution is 0.0184. The molecule has 1 aliphatic heterocycles. The van der Waals surface area contributed by atoms with Gasteiger partial charge in [-0.15, -0.1) is 0 Å². The van der Waals surface area contributed by atoms with Crippen LogP contribution in [0.4, 0.5) is 0 Å². The molecule has 1 atom stereocenters. The van der Waals surface area contributed by atoms with Gasteiger partial charge >= 0.3 is 0 Å². The number of aromatic nitrogens is 4. The molecule has 0 unspecified atom stereocenters. The van der Waals surface area contributed by atoms with E-state index in [0.29, 0.717) is 0 Å². The van der Waals surface area contributed by atoms with E-state index >= 15 is 0 Å². The quantitative estimate of drug-likeness (QED) is 0.572. The summed E-state index contributed by atoms with van der Waals surface area (Å²) in [7, 11) is 0. The van der Waals surface area contributed by atoms with E-state index in [2.05, 4.69) is 56.0 Å². The van der Waals surface area contributed by atoms with Crippen molar-refractivity contribution in [1.82, 2.24) is 24.4 Å². The summed E-state index contributed by atoms with van der Waals surface area (Å²) in [5.74, 6) is 0. The van der Waals surface area contributed by atoms with Crippen molar-refractivity contribution in [2.45, 2.75) is 12.6 Å². The van der Waals surface area contributed by atoms with Crippen LogP contribution in [0.25, 0.3) is 28.3 Å². The number of hydrogen-bond donors (Lipinski definition) is 1. The number of nitrogens with zero attached hydrogens (tertiary/aromatic N) is 4. The lowest BCUT2D eigenvalue weighted by Crippen LogP contribution is -2.40. The number of pyridine rings is 1. The normalized spacial score (nSPS) is 16.8. The van der Waals surface area contributed by atoms with E-state index < -0.39 is 0 Å². The third-order valence-electron chi connectivity index (χ3n) is 5.21. The Bertz CT molecular complexity index is 1070. The van der Waals surface area contributed by atoms with Crippen LogP contribution in [0.3, 0.4) is 0 Å². The van der Waals surface area contributed by atoms with Gasteiger partial charge in [-0.3, -0.25) is 4.98 Å². The highest BCUT2D eigenvalue weighted by atomic mass is 16.5. The van der Waals surface area contributed by atoms with Crippen LogP contribution >= 0.6 is 0 Å². The Balaban J connectivity index is 1.62. The third kappa shape index (κ3) is 3.60. The second kappa shape index (κ2) is 8.03. The van der Waals surface area contributed by atoms with Crippen molar-refractivity contribution in [3.05, 3.63) is 79.5 Å². The highest BCUT2D eigenvalue weighted by molar-refractivity contribution is 5.78. The van der Waals surface area contributed by atoms with E-state index in [4.69, 9.17) is 9.72 Å². The monoisotopic (exact) mass is 385 g/mol. The average Bonchev–Trinajstić information content (AvgIpc) is 3.42. The lowest BCUT2D eigenvalue weighted by atomic mass is 10.1. The number of rotatable bonds is 5. The first-order valence-corrected chi connectivity index (χ1v) is 9.91. The van der Waals surface area contributed by atoms with Crippen molar-refractivity contribution in [2.24, 2.45) is 0 Å². The zero-order valence-corrected chi connectivity index (χ0v) is 16.1. The second-order valence-electron chi connectivity index (χ2n) is 7.13. The summed E-state index contributed by atoms with van der Waals surface area (Å²) in [4.78, 5) is 9.09. The molecule has 0 spiro atoms. The van der Waals surface area contributed by atoms with Crippen LogP contribution in [0, 0.1) is 0 Å². The van der Waals surface area contributed by atoms with Gasteiger partial charge in [-0.1, -0.05) is 30.3 Å². The van der Waals surface area contributed by atoms with Gasteiger partial charge in [0.25, 0.3) is 0 Å². The van der Waals surface area contributed by atoms with Gasteiger partial charge in [0.05, 0.1) is 54.5 Å². The molecule has 29 heavy (non-hydrogen) atoms. The van der Waals surface area contributed by atoms with Gasteiger partial charge in [0.1, 0.15) is 0 Å². The zero-order chi connectivity index (χ0) is 19.5. The summed E-state index contributed by atoms with van der Waals surface area (Å²) in [6, 6.07) is 18.5. The summed E-state index contributed by atoms with van der Waals surface area (Å²) in [6.07, 6.45) is 7.79. The molecule has 3 aromatic heterocycles. The van der Waals surface area contributed by atoms with Crippen molar-refractivity contribution >= 4 is 0 Å². The van der Waals surface area contributed by atoms with Crippen LogP contribution in [0.2, 0.25) is 0 Å². The van der Waals surface area contributed by atoms with E-state index in [1.165, 1.54) is 0 Å². The zero-order valence-electron chi connectivity index (χ0n) is 16.1. The first-order chi connectivity index (χ1) is 14.4. The Morgan fingerprint density at radius 1 is 1.07 bits per heavy atom. The third-order valence-corrected chi connectivity index (χ3v) is 5.21. The molecule has 1 N–H and O–H groups in total. The largest absolute Gasteiger partial charge is 0.374 e. The molecule has 5 rings (SSSR count). The van der Waals surface area contributed by atoms with Crippen LogP contribution in [0.5, 0.6) is 0 Å². The van der Waals surface area contributed by atoms with E-state index in [-0.39, 0.29) is 6.10 Å². The molecule has 4 aromatic rings. The number of imidazole rings is 1. The van der Waals surface area contributed by atoms with Crippen molar-refractivity contribution in [1.29, 1.82) is 0 Å². The molecule has 6 nitrogen and oxygen atoms in total. The van der Waals surface area contributed by atoms with Gasteiger partial charge in [-0.05, 0) is 24.3 Å². The molecule has 1 saturated heterocycles. The molecule has 0 saturated carbocycles. The summed E-state index contributed by atoms with van der Waals surface area (Å²) in [5, 5.41) is 3.41. The first kappa shape index (κ1) is 17.8. The SMILES string of the molecule is c1ccc(-c2ncn(C[C@H]3CNCCO3)c2-c2cccn2-c2cccnc2)cc1. The van der Waals surface area contributed by atoms with Gasteiger partial charge in [0.2, 0.25) is 0 Å². The molecule has 6 heteroatoms. The van der Waals surface area contributed by atoms with E-state index in [1.54, 1.807) is 6.20 Å². The fraction of sp³-hybridized carbons (Fsp3) is 0.217. The molecular formula is C23H23N5O. The minimum atomic E-state index is 0.127. The van der Waals surface area contributed by atoms with Gasteiger partial charge in [-0.2, -0.15) is 0 Å². The van der Waals surface area contributed by atoms with Crippen molar-refractivity contribution < 1.29 is 4.74 Å². The smallest absolute Gasteiger partial charge is 0.0978 e. The molecule has 4 heterocycles. The summed E-state index contributed by atoms with van der Waals surface area (Å²) >= 11 is 0. The van der Waals surface area contributed by atoms with Gasteiger partial charge in [0, 0.05) is 31.0 Å². The lowest BCUT2D eigenvalue weighted by Gasteiger charge is -2.25. The molecule has 0 aliphatic carbocycles. The predicted octanol–water partition coefficient (Wildman–Crippen LogP) is 3.39. The topological polar surface area (TPSA) is 56.9 Å². The van der Waals surface area contributed by atoms with E-state index in [9.17, 15) is 0 Å². The van der Waals surface area contributed by atoms with Gasteiger partial charge in [0.15, 0.2) is 0 Å². The minimum absolute atomic E-state index is 0.127. The fourth-order valence-corrected chi connectivity index (χ4v) is 3.85. The Morgan fingerprint density at radius 2 is 2.00 bits per heavy atom. The maximum Gasteiger partial charge on any atom is 0.0978 e. The molecule has 146 valence electrons. The standard InChI is InChI=1S/C23H23N5O/c1-2-6-18(7-3-1)22-23(27(17-26-22)16-20-15-25-11-13-29-20)21-9-5-12-28(21)19-8-4-10-24-14-19/h1-10,12,14,17,20,25H,11,13,15-16H2/t20-/m1/s1. The summed E-state index contributed by atoms with van der Waals surface area (Å²) in [6.45, 7) is 3.25. The van der Waals surface area contributed by atoms with Crippen molar-refractivity contribution in [3.8, 4) is 28.3 Å². The molecule has 0 bridgehead atoms. The van der Waals surface area contributed by atoms with Crippen LogP contribution in [-0.2, 0) is 11.3 Å². The molecular weight excluding hydrogens is 362 g/mol. The Hall–Kier alpha value is -3.22. The number of morpholine rings is 1. The minimum Gasteiger partial charge on any atom is -0.374 e. The summed E-state index contributed by atoms with van der Waals surface area (Å²) < 4.78 is 10.3. The van der Waals surface area contributed by atoms with Gasteiger partial charge < -0.3 is 19.2 Å². The van der Waals surface area contributed by atoms with Crippen LogP contribution in [0.1, 0.15) is 0 Å². The molecule has 1 aromatic carbocycles. The van der Waals surface area contributed by atoms with Crippen LogP contribution in [0.15, 0.2) is 79.5 Å². The molecule has 0 amide bonds. The summed E-state index contributed by atoms with van der Waals surface area (Å²) in [5.41, 5.74) is 5.26. The van der Waals surface area contributed by atoms with Crippen molar-refractivity contribution in [2.75, 3.05) is 19.7 Å². The molecule has 1 aliphatic rings. The van der Waals surface area contributed by atoms with Crippen molar-refractivity contribution in [3.63, 3.8) is 0 Å². The molecule has 0 radical (unpaired) electrons. The maximum atomic E-state index is 5.96. The molecule has 1 fully saturated rings. The Kier molecular flexibility index (Phi) is 4.94. The maximum absolute atomic E-state index is 5.96. The second-order valence-corrected chi connectivity index (χ2v) is 7.13. The fourth-order valence-electron chi connectivity index (χ4n) is 3.85. The highest BCUT2D eigenvalue weighted by Crippen LogP contribution is 2.33. The van der Waals surface area contributed by atoms with E-state index in [0.717, 1.165) is 54.6 Å². The van der Waals surface area contributed by atoms with E-state index in [1.807, 2.05) is 36.8 Å².